The van der Waals surface area contributed by atoms with Crippen LogP contribution in [0.4, 0.5) is 5.69 Å². The molecule has 8 nitrogen and oxygen atoms in total. The number of amides is 1. The number of hydrogen-bond acceptors (Lipinski definition) is 7. The maximum absolute atomic E-state index is 12.6. The van der Waals surface area contributed by atoms with E-state index in [1.165, 1.54) is 44.4 Å². The molecule has 1 aromatic heterocycles. The van der Waals surface area contributed by atoms with E-state index in [2.05, 4.69) is 10.3 Å². The normalized spacial score (nSPS) is 10.8. The third-order valence-corrected chi connectivity index (χ3v) is 4.90. The number of rotatable bonds is 7. The Labute approximate surface area is 168 Å². The maximum atomic E-state index is 12.6. The fourth-order valence-electron chi connectivity index (χ4n) is 2.40. The lowest BCUT2D eigenvalue weighted by Crippen LogP contribution is -2.12. The largest absolute Gasteiger partial charge is 0.495 e. The number of pyridine rings is 1. The van der Waals surface area contributed by atoms with E-state index in [0.29, 0.717) is 17.4 Å². The Balaban J connectivity index is 1.77. The van der Waals surface area contributed by atoms with E-state index in [1.54, 1.807) is 36.5 Å². The summed E-state index contributed by atoms with van der Waals surface area (Å²) in [7, 11) is -2.71. The van der Waals surface area contributed by atoms with Gasteiger partial charge in [0.25, 0.3) is 0 Å². The van der Waals surface area contributed by atoms with Crippen molar-refractivity contribution in [3.63, 3.8) is 0 Å². The summed E-state index contributed by atoms with van der Waals surface area (Å²) in [5, 5.41) is 2.52. The van der Waals surface area contributed by atoms with Crippen molar-refractivity contribution >= 4 is 21.7 Å². The van der Waals surface area contributed by atoms with E-state index in [0.717, 1.165) is 0 Å². The molecule has 0 atom stereocenters. The Kier molecular flexibility index (Phi) is 5.99. The van der Waals surface area contributed by atoms with Crippen LogP contribution in [-0.2, 0) is 14.9 Å². The van der Waals surface area contributed by atoms with Crippen molar-refractivity contribution in [1.29, 1.82) is 0 Å². The van der Waals surface area contributed by atoms with Crippen LogP contribution in [0.5, 0.6) is 23.1 Å². The van der Waals surface area contributed by atoms with Gasteiger partial charge in [-0.15, -0.1) is 0 Å². The molecule has 0 fully saturated rings. The lowest BCUT2D eigenvalue weighted by Gasteiger charge is -2.12. The Bertz CT molecular complexity index is 1100. The average molecular weight is 414 g/mol. The highest BCUT2D eigenvalue weighted by Crippen LogP contribution is 2.29. The van der Waals surface area contributed by atoms with Gasteiger partial charge in [0.2, 0.25) is 11.8 Å². The number of benzene rings is 2. The molecule has 3 aromatic rings. The summed E-state index contributed by atoms with van der Waals surface area (Å²) in [6.07, 6.45) is 1.60. The number of anilines is 1. The van der Waals surface area contributed by atoms with Gasteiger partial charge < -0.3 is 19.0 Å². The number of nitrogens with zero attached hydrogens (tertiary/aromatic N) is 1. The van der Waals surface area contributed by atoms with Crippen LogP contribution in [0.15, 0.2) is 71.8 Å². The van der Waals surface area contributed by atoms with E-state index in [1.807, 2.05) is 0 Å². The quantitative estimate of drug-likeness (QED) is 0.589. The van der Waals surface area contributed by atoms with Gasteiger partial charge in [0.15, 0.2) is 0 Å². The summed E-state index contributed by atoms with van der Waals surface area (Å²) in [4.78, 5) is 15.3. The molecule has 0 saturated carbocycles. The van der Waals surface area contributed by atoms with Crippen LogP contribution in [0.1, 0.15) is 6.92 Å². The Hall–Kier alpha value is -3.59. The molecule has 0 bridgehead atoms. The zero-order valence-electron chi connectivity index (χ0n) is 15.7. The van der Waals surface area contributed by atoms with Gasteiger partial charge in [0.05, 0.1) is 12.8 Å². The van der Waals surface area contributed by atoms with Crippen LogP contribution in [0, 0.1) is 0 Å². The molecule has 2 aromatic carbocycles. The van der Waals surface area contributed by atoms with Crippen molar-refractivity contribution in [3.8, 4) is 23.1 Å². The highest BCUT2D eigenvalue weighted by atomic mass is 32.2. The first-order valence-corrected chi connectivity index (χ1v) is 9.87. The summed E-state index contributed by atoms with van der Waals surface area (Å²) in [6.45, 7) is 1.31. The molecular formula is C20H18N2O6S. The number of methoxy groups -OCH3 is 1. The van der Waals surface area contributed by atoms with E-state index in [-0.39, 0.29) is 22.2 Å². The SMILES string of the molecule is COc1ccc(S(=O)(=O)Oc2ccc(Oc3ccccn3)cc2)cc1NC(C)=O. The molecule has 3 rings (SSSR count). The van der Waals surface area contributed by atoms with Crippen molar-refractivity contribution in [3.05, 3.63) is 66.9 Å². The number of carbonyl (C=O) groups is 1. The van der Waals surface area contributed by atoms with Gasteiger partial charge in [-0.3, -0.25) is 4.79 Å². The Morgan fingerprint density at radius 1 is 1.00 bits per heavy atom. The molecule has 1 heterocycles. The maximum Gasteiger partial charge on any atom is 0.339 e. The lowest BCUT2D eigenvalue weighted by atomic mass is 10.3. The molecule has 0 spiro atoms. The predicted octanol–water partition coefficient (Wildman–Crippen LogP) is 3.61. The second-order valence-corrected chi connectivity index (χ2v) is 7.37. The third kappa shape index (κ3) is 5.23. The minimum atomic E-state index is -4.13. The van der Waals surface area contributed by atoms with Crippen LogP contribution in [-0.4, -0.2) is 26.4 Å². The van der Waals surface area contributed by atoms with Gasteiger partial charge in [-0.25, -0.2) is 4.98 Å². The van der Waals surface area contributed by atoms with Crippen LogP contribution < -0.4 is 19.0 Å². The van der Waals surface area contributed by atoms with Crippen LogP contribution in [0.3, 0.4) is 0 Å². The van der Waals surface area contributed by atoms with Gasteiger partial charge >= 0.3 is 10.1 Å². The predicted molar refractivity (Wildman–Crippen MR) is 106 cm³/mol. The van der Waals surface area contributed by atoms with Gasteiger partial charge in [-0.1, -0.05) is 6.07 Å². The number of hydrogen-bond donors (Lipinski definition) is 1. The molecule has 1 amide bonds. The van der Waals surface area contributed by atoms with Crippen molar-refractivity contribution in [2.45, 2.75) is 11.8 Å². The number of ether oxygens (including phenoxy) is 2. The first-order valence-electron chi connectivity index (χ1n) is 8.46. The second-order valence-electron chi connectivity index (χ2n) is 5.82. The van der Waals surface area contributed by atoms with Crippen molar-refractivity contribution in [2.75, 3.05) is 12.4 Å². The van der Waals surface area contributed by atoms with Crippen molar-refractivity contribution < 1.29 is 26.9 Å². The molecule has 1 N–H and O–H groups in total. The van der Waals surface area contributed by atoms with Crippen molar-refractivity contribution in [1.82, 2.24) is 4.98 Å². The Morgan fingerprint density at radius 3 is 2.34 bits per heavy atom. The van der Waals surface area contributed by atoms with E-state index >= 15 is 0 Å². The van der Waals surface area contributed by atoms with Gasteiger partial charge in [0, 0.05) is 19.2 Å². The van der Waals surface area contributed by atoms with Gasteiger partial charge in [0.1, 0.15) is 22.1 Å². The number of aromatic nitrogens is 1. The first-order chi connectivity index (χ1) is 13.9. The molecule has 0 radical (unpaired) electrons. The molecule has 29 heavy (non-hydrogen) atoms. The standard InChI is InChI=1S/C20H18N2O6S/c1-14(23)22-18-13-17(10-11-19(18)26-2)29(24,25)28-16-8-6-15(7-9-16)27-20-5-3-4-12-21-20/h3-13H,1-2H3,(H,22,23). The third-order valence-electron chi connectivity index (χ3n) is 3.66. The second kappa shape index (κ2) is 8.61. The summed E-state index contributed by atoms with van der Waals surface area (Å²) in [6, 6.07) is 15.4. The molecular weight excluding hydrogens is 396 g/mol. The number of carbonyl (C=O) groups excluding carboxylic acids is 1. The van der Waals surface area contributed by atoms with Crippen molar-refractivity contribution in [2.24, 2.45) is 0 Å². The highest BCUT2D eigenvalue weighted by Gasteiger charge is 2.19. The summed E-state index contributed by atoms with van der Waals surface area (Å²) in [5.41, 5.74) is 0.226. The van der Waals surface area contributed by atoms with E-state index in [4.69, 9.17) is 13.7 Å². The number of nitrogens with one attached hydrogen (secondary N) is 1. The average Bonchev–Trinajstić information content (AvgIpc) is 2.69. The molecule has 0 aliphatic rings. The summed E-state index contributed by atoms with van der Waals surface area (Å²) < 4.78 is 41.1. The fraction of sp³-hybridized carbons (Fsp3) is 0.100. The first kappa shape index (κ1) is 20.2. The molecule has 0 aliphatic heterocycles. The zero-order chi connectivity index (χ0) is 20.9. The molecule has 9 heteroatoms. The molecule has 150 valence electrons. The lowest BCUT2D eigenvalue weighted by molar-refractivity contribution is -0.114. The summed E-state index contributed by atoms with van der Waals surface area (Å²) in [5.74, 6) is 0.969. The van der Waals surface area contributed by atoms with Gasteiger partial charge in [-0.05, 0) is 48.5 Å². The van der Waals surface area contributed by atoms with E-state index in [9.17, 15) is 13.2 Å². The monoisotopic (exact) mass is 414 g/mol. The van der Waals surface area contributed by atoms with Crippen LogP contribution in [0.25, 0.3) is 0 Å². The highest BCUT2D eigenvalue weighted by molar-refractivity contribution is 7.87. The van der Waals surface area contributed by atoms with Crippen LogP contribution in [0.2, 0.25) is 0 Å². The Morgan fingerprint density at radius 2 is 1.72 bits per heavy atom. The zero-order valence-corrected chi connectivity index (χ0v) is 16.5. The van der Waals surface area contributed by atoms with Crippen LogP contribution >= 0.6 is 0 Å². The topological polar surface area (TPSA) is 104 Å². The molecule has 0 aliphatic carbocycles. The smallest absolute Gasteiger partial charge is 0.339 e. The minimum Gasteiger partial charge on any atom is -0.495 e. The minimum absolute atomic E-state index is 0.107. The van der Waals surface area contributed by atoms with Gasteiger partial charge in [-0.2, -0.15) is 8.42 Å². The molecule has 0 saturated heterocycles. The van der Waals surface area contributed by atoms with E-state index < -0.39 is 10.1 Å². The summed E-state index contributed by atoms with van der Waals surface area (Å²) >= 11 is 0. The fourth-order valence-corrected chi connectivity index (χ4v) is 3.35. The molecule has 0 unspecified atom stereocenters.